The van der Waals surface area contributed by atoms with Gasteiger partial charge in [0.25, 0.3) is 0 Å². The molecule has 1 atom stereocenters. The zero-order chi connectivity index (χ0) is 13.2. The van der Waals surface area contributed by atoms with Gasteiger partial charge in [-0.2, -0.15) is 0 Å². The maximum atomic E-state index is 10.5. The summed E-state index contributed by atoms with van der Waals surface area (Å²) in [5.74, 6) is 0. The summed E-state index contributed by atoms with van der Waals surface area (Å²) in [6.07, 6.45) is 1.26. The van der Waals surface area contributed by atoms with E-state index in [2.05, 4.69) is 15.9 Å². The molecule has 4 heteroatoms. The smallest absolute Gasteiger partial charge is 0.0931 e. The van der Waals surface area contributed by atoms with Crippen molar-refractivity contribution >= 4 is 38.9 Å². The van der Waals surface area contributed by atoms with Crippen molar-refractivity contribution in [1.29, 1.82) is 0 Å². The number of halogens is 2. The van der Waals surface area contributed by atoms with Gasteiger partial charge in [0.1, 0.15) is 0 Å². The zero-order valence-electron chi connectivity index (χ0n) is 9.99. The molecule has 1 N–H and O–H groups in total. The van der Waals surface area contributed by atoms with Gasteiger partial charge < -0.3 is 5.11 Å². The van der Waals surface area contributed by atoms with Gasteiger partial charge in [0.2, 0.25) is 0 Å². The number of rotatable bonds is 4. The Balaban J connectivity index is 2.04. The molecule has 0 bridgehead atoms. The predicted molar refractivity (Wildman–Crippen MR) is 81.5 cm³/mol. The summed E-state index contributed by atoms with van der Waals surface area (Å²) < 4.78 is 1.82. The molecule has 1 heterocycles. The van der Waals surface area contributed by atoms with Crippen molar-refractivity contribution in [3.05, 3.63) is 55.6 Å². The molecule has 0 aliphatic rings. The van der Waals surface area contributed by atoms with E-state index in [0.717, 1.165) is 19.2 Å². The van der Waals surface area contributed by atoms with Gasteiger partial charge in [0, 0.05) is 22.2 Å². The summed E-state index contributed by atoms with van der Waals surface area (Å²) in [5, 5.41) is 10.5. The Morgan fingerprint density at radius 1 is 1.17 bits per heavy atom. The third kappa shape index (κ3) is 4.09. The van der Waals surface area contributed by atoms with E-state index in [9.17, 15) is 5.11 Å². The number of benzene rings is 1. The van der Waals surface area contributed by atoms with Crippen LogP contribution in [0.5, 0.6) is 0 Å². The average Bonchev–Trinajstić information content (AvgIpc) is 2.66. The van der Waals surface area contributed by atoms with Crippen LogP contribution >= 0.6 is 38.9 Å². The minimum absolute atomic E-state index is 0.625. The topological polar surface area (TPSA) is 20.2 Å². The number of hydrogen-bond donors (Lipinski definition) is 1. The van der Waals surface area contributed by atoms with Crippen LogP contribution in [0.25, 0.3) is 0 Å². The van der Waals surface area contributed by atoms with Gasteiger partial charge in [-0.3, -0.25) is 0 Å². The monoisotopic (exact) mass is 344 g/mol. The van der Waals surface area contributed by atoms with Crippen molar-refractivity contribution in [3.63, 3.8) is 0 Å². The quantitative estimate of drug-likeness (QED) is 0.851. The highest BCUT2D eigenvalue weighted by atomic mass is 79.9. The molecule has 18 heavy (non-hydrogen) atoms. The molecule has 96 valence electrons. The standard InChI is InChI=1S/C14H14BrClOS/c1-14(17,9-12-6-7-13(16)18-12)8-10-2-4-11(15)5-3-10/h2-7,17H,8-9H2,1H3. The normalized spacial score (nSPS) is 14.4. The summed E-state index contributed by atoms with van der Waals surface area (Å²) in [5.41, 5.74) is 0.382. The second-order valence-corrected chi connectivity index (χ2v) is 7.40. The van der Waals surface area contributed by atoms with Crippen LogP contribution in [0.3, 0.4) is 0 Å². The maximum absolute atomic E-state index is 10.5. The summed E-state index contributed by atoms with van der Waals surface area (Å²) in [6, 6.07) is 11.9. The molecule has 0 radical (unpaired) electrons. The molecule has 0 fully saturated rings. The van der Waals surface area contributed by atoms with Crippen LogP contribution in [-0.2, 0) is 12.8 Å². The van der Waals surface area contributed by atoms with Gasteiger partial charge in [0.05, 0.1) is 9.94 Å². The van der Waals surface area contributed by atoms with E-state index < -0.39 is 5.60 Å². The maximum Gasteiger partial charge on any atom is 0.0931 e. The molecule has 1 nitrogen and oxygen atoms in total. The van der Waals surface area contributed by atoms with Crippen molar-refractivity contribution in [2.45, 2.75) is 25.4 Å². The molecule has 1 aromatic heterocycles. The highest BCUT2D eigenvalue weighted by Gasteiger charge is 2.22. The lowest BCUT2D eigenvalue weighted by Gasteiger charge is -2.22. The van der Waals surface area contributed by atoms with Gasteiger partial charge in [-0.1, -0.05) is 39.7 Å². The summed E-state index contributed by atoms with van der Waals surface area (Å²) in [4.78, 5) is 1.11. The third-order valence-corrected chi connectivity index (χ3v) is 4.44. The van der Waals surface area contributed by atoms with E-state index in [4.69, 9.17) is 11.6 Å². The van der Waals surface area contributed by atoms with Crippen molar-refractivity contribution in [2.75, 3.05) is 0 Å². The zero-order valence-corrected chi connectivity index (χ0v) is 13.1. The first kappa shape index (κ1) is 14.1. The molecule has 1 unspecified atom stereocenters. The Morgan fingerprint density at radius 2 is 1.83 bits per heavy atom. The molecule has 2 aromatic rings. The van der Waals surface area contributed by atoms with Gasteiger partial charge in [-0.05, 0) is 36.8 Å². The minimum Gasteiger partial charge on any atom is -0.389 e. The fourth-order valence-electron chi connectivity index (χ4n) is 1.93. The van der Waals surface area contributed by atoms with Gasteiger partial charge in [0.15, 0.2) is 0 Å². The number of hydrogen-bond acceptors (Lipinski definition) is 2. The fraction of sp³-hybridized carbons (Fsp3) is 0.286. The molecule has 2 rings (SSSR count). The van der Waals surface area contributed by atoms with Crippen molar-refractivity contribution in [1.82, 2.24) is 0 Å². The van der Waals surface area contributed by atoms with Crippen LogP contribution in [0, 0.1) is 0 Å². The lowest BCUT2D eigenvalue weighted by molar-refractivity contribution is 0.0616. The average molecular weight is 346 g/mol. The number of thiophene rings is 1. The van der Waals surface area contributed by atoms with Crippen molar-refractivity contribution < 1.29 is 5.11 Å². The first-order chi connectivity index (χ1) is 8.44. The van der Waals surface area contributed by atoms with E-state index >= 15 is 0 Å². The molecule has 1 aromatic carbocycles. The van der Waals surface area contributed by atoms with Crippen LogP contribution in [0.15, 0.2) is 40.9 Å². The Kier molecular flexibility index (Phi) is 4.49. The summed E-state index contributed by atoms with van der Waals surface area (Å²) in [7, 11) is 0. The minimum atomic E-state index is -0.748. The second-order valence-electron chi connectivity index (χ2n) is 4.68. The lowest BCUT2D eigenvalue weighted by atomic mass is 9.93. The summed E-state index contributed by atoms with van der Waals surface area (Å²) in [6.45, 7) is 1.86. The predicted octanol–water partition coefficient (Wildman–Crippen LogP) is 4.70. The van der Waals surface area contributed by atoms with E-state index in [-0.39, 0.29) is 0 Å². The van der Waals surface area contributed by atoms with E-state index in [1.165, 1.54) is 11.3 Å². The largest absolute Gasteiger partial charge is 0.389 e. The fourth-order valence-corrected chi connectivity index (χ4v) is 3.46. The van der Waals surface area contributed by atoms with Crippen LogP contribution in [0.1, 0.15) is 17.4 Å². The molecule has 0 aliphatic carbocycles. The van der Waals surface area contributed by atoms with E-state index in [1.807, 2.05) is 43.3 Å². The molecular formula is C14H14BrClOS. The molecule has 0 saturated carbocycles. The van der Waals surface area contributed by atoms with Gasteiger partial charge in [-0.25, -0.2) is 0 Å². The van der Waals surface area contributed by atoms with E-state index in [1.54, 1.807) is 0 Å². The SMILES string of the molecule is CC(O)(Cc1ccc(Br)cc1)Cc1ccc(Cl)s1. The van der Waals surface area contributed by atoms with Crippen LogP contribution in [0.2, 0.25) is 4.34 Å². The van der Waals surface area contributed by atoms with Crippen LogP contribution < -0.4 is 0 Å². The van der Waals surface area contributed by atoms with Crippen LogP contribution in [-0.4, -0.2) is 10.7 Å². The highest BCUT2D eigenvalue weighted by Crippen LogP contribution is 2.27. The molecule has 0 spiro atoms. The van der Waals surface area contributed by atoms with Gasteiger partial charge in [-0.15, -0.1) is 11.3 Å². The molecular weight excluding hydrogens is 332 g/mol. The van der Waals surface area contributed by atoms with E-state index in [0.29, 0.717) is 12.8 Å². The van der Waals surface area contributed by atoms with Crippen molar-refractivity contribution in [3.8, 4) is 0 Å². The Morgan fingerprint density at radius 3 is 2.39 bits per heavy atom. The van der Waals surface area contributed by atoms with Gasteiger partial charge >= 0.3 is 0 Å². The Bertz CT molecular complexity index is 519. The first-order valence-corrected chi connectivity index (χ1v) is 7.64. The lowest BCUT2D eigenvalue weighted by Crippen LogP contribution is -2.29. The Labute approximate surface area is 125 Å². The first-order valence-electron chi connectivity index (χ1n) is 5.66. The highest BCUT2D eigenvalue weighted by molar-refractivity contribution is 9.10. The number of aliphatic hydroxyl groups is 1. The van der Waals surface area contributed by atoms with Crippen molar-refractivity contribution in [2.24, 2.45) is 0 Å². The molecule has 0 aliphatic heterocycles. The third-order valence-electron chi connectivity index (χ3n) is 2.68. The molecule has 0 saturated heterocycles. The molecule has 0 amide bonds. The summed E-state index contributed by atoms with van der Waals surface area (Å²) >= 11 is 10.8. The van der Waals surface area contributed by atoms with Crippen LogP contribution in [0.4, 0.5) is 0 Å². The Hall–Kier alpha value is -0.350. The second kappa shape index (κ2) is 5.74.